The minimum absolute atomic E-state index is 0.438. The molecule has 4 aromatic rings. The molecular weight excluding hydrogens is 569 g/mol. The van der Waals surface area contributed by atoms with E-state index in [0.29, 0.717) is 17.7 Å². The van der Waals surface area contributed by atoms with Crippen LogP contribution in [0.2, 0.25) is 0 Å². The number of aromatic nitrogens is 4. The second-order valence-corrected chi connectivity index (χ2v) is 14.1. The van der Waals surface area contributed by atoms with Crippen molar-refractivity contribution in [1.29, 1.82) is 0 Å². The van der Waals surface area contributed by atoms with E-state index < -0.39 is 7.92 Å². The van der Waals surface area contributed by atoms with Gasteiger partial charge in [0.1, 0.15) is 23.7 Å². The molecule has 11 heteroatoms. The van der Waals surface area contributed by atoms with Gasteiger partial charge in [0, 0.05) is 86.5 Å². The number of nitrogens with one attached hydrogen (secondary N) is 2. The SMILES string of the molecule is CCc1cc(Nc2cc(Nc3ccc4nccnc4c3P(C)C)ncn2)c(OC)cc1N1CCC(N2CCN(C)CC2)CC1. The standard InChI is InChI=1S/C33H44N9OP/c1-6-23-19-27(29(43-3)20-28(23)42-13-9-24(10-14-42)41-17-15-40(2)16-18-41)39-31-21-30(36-22-37-31)38-26-8-7-25-32(33(26)44(4)5)35-12-11-34-25/h7-8,11-12,19-22,24H,6,9-10,13-18H2,1-5H3,(H2,36,37,38,39). The van der Waals surface area contributed by atoms with Gasteiger partial charge in [0.15, 0.2) is 0 Å². The van der Waals surface area contributed by atoms with E-state index in [2.05, 4.69) is 90.8 Å². The second-order valence-electron chi connectivity index (χ2n) is 11.9. The first-order valence-electron chi connectivity index (χ1n) is 15.6. The van der Waals surface area contributed by atoms with Crippen molar-refractivity contribution in [2.45, 2.75) is 32.2 Å². The van der Waals surface area contributed by atoms with Gasteiger partial charge in [-0.1, -0.05) is 14.8 Å². The van der Waals surface area contributed by atoms with Gasteiger partial charge in [-0.25, -0.2) is 9.97 Å². The lowest BCUT2D eigenvalue weighted by atomic mass is 9.99. The van der Waals surface area contributed by atoms with Crippen molar-refractivity contribution >= 4 is 53.0 Å². The number of hydrogen-bond acceptors (Lipinski definition) is 10. The number of anilines is 5. The van der Waals surface area contributed by atoms with Gasteiger partial charge in [-0.15, -0.1) is 0 Å². The number of ether oxygens (including phenoxy) is 1. The highest BCUT2D eigenvalue weighted by Crippen LogP contribution is 2.38. The number of piperidine rings is 1. The zero-order valence-corrected chi connectivity index (χ0v) is 27.4. The first-order valence-corrected chi connectivity index (χ1v) is 17.8. The first-order chi connectivity index (χ1) is 21.4. The first kappa shape index (κ1) is 30.4. The van der Waals surface area contributed by atoms with E-state index >= 15 is 0 Å². The number of fused-ring (bicyclic) bond motifs is 1. The van der Waals surface area contributed by atoms with Crippen LogP contribution in [0.5, 0.6) is 5.75 Å². The summed E-state index contributed by atoms with van der Waals surface area (Å²) < 4.78 is 5.91. The van der Waals surface area contributed by atoms with Gasteiger partial charge in [0.05, 0.1) is 23.8 Å². The minimum atomic E-state index is -0.438. The highest BCUT2D eigenvalue weighted by Gasteiger charge is 2.28. The van der Waals surface area contributed by atoms with Gasteiger partial charge in [0.2, 0.25) is 0 Å². The molecule has 2 saturated heterocycles. The Morgan fingerprint density at radius 1 is 0.864 bits per heavy atom. The summed E-state index contributed by atoms with van der Waals surface area (Å²) in [4.78, 5) is 25.9. The van der Waals surface area contributed by atoms with Crippen LogP contribution in [0.15, 0.2) is 49.1 Å². The molecule has 2 fully saturated rings. The van der Waals surface area contributed by atoms with Gasteiger partial charge in [0.25, 0.3) is 0 Å². The van der Waals surface area contributed by atoms with Crippen LogP contribution in [0.25, 0.3) is 11.0 Å². The van der Waals surface area contributed by atoms with Gasteiger partial charge in [-0.2, -0.15) is 0 Å². The van der Waals surface area contributed by atoms with Crippen molar-refractivity contribution in [3.8, 4) is 5.75 Å². The Balaban J connectivity index is 1.19. The maximum atomic E-state index is 5.91. The summed E-state index contributed by atoms with van der Waals surface area (Å²) in [5.41, 5.74) is 6.31. The van der Waals surface area contributed by atoms with Crippen molar-refractivity contribution in [1.82, 2.24) is 29.7 Å². The van der Waals surface area contributed by atoms with E-state index in [9.17, 15) is 0 Å². The summed E-state index contributed by atoms with van der Waals surface area (Å²) >= 11 is 0. The van der Waals surface area contributed by atoms with E-state index in [1.807, 2.05) is 12.1 Å². The number of methoxy groups -OCH3 is 1. The average molecular weight is 614 g/mol. The van der Waals surface area contributed by atoms with Crippen LogP contribution in [0.1, 0.15) is 25.3 Å². The molecule has 0 amide bonds. The summed E-state index contributed by atoms with van der Waals surface area (Å²) in [6.07, 6.45) is 8.41. The van der Waals surface area contributed by atoms with E-state index in [0.717, 1.165) is 47.7 Å². The Bertz CT molecular complexity index is 1580. The number of hydrogen-bond donors (Lipinski definition) is 2. The fraction of sp³-hybridized carbons (Fsp3) is 0.455. The molecule has 4 heterocycles. The van der Waals surface area contributed by atoms with Crippen molar-refractivity contribution in [2.75, 3.05) is 82.3 Å². The molecule has 232 valence electrons. The molecule has 2 aliphatic heterocycles. The van der Waals surface area contributed by atoms with Crippen LogP contribution in [-0.4, -0.2) is 103 Å². The number of aryl methyl sites for hydroxylation is 1. The molecule has 0 bridgehead atoms. The van der Waals surface area contributed by atoms with Crippen molar-refractivity contribution < 1.29 is 4.74 Å². The molecule has 0 saturated carbocycles. The van der Waals surface area contributed by atoms with E-state index in [1.165, 1.54) is 55.6 Å². The van der Waals surface area contributed by atoms with Crippen LogP contribution in [0.4, 0.5) is 28.7 Å². The Kier molecular flexibility index (Phi) is 9.40. The Hall–Kier alpha value is -3.59. The lowest BCUT2D eigenvalue weighted by Crippen LogP contribution is -2.52. The third-order valence-corrected chi connectivity index (χ3v) is 10.2. The van der Waals surface area contributed by atoms with Crippen molar-refractivity contribution in [3.63, 3.8) is 0 Å². The third-order valence-electron chi connectivity index (χ3n) is 8.89. The van der Waals surface area contributed by atoms with E-state index in [1.54, 1.807) is 25.8 Å². The monoisotopic (exact) mass is 613 g/mol. The van der Waals surface area contributed by atoms with Gasteiger partial charge < -0.3 is 25.2 Å². The summed E-state index contributed by atoms with van der Waals surface area (Å²) in [6, 6.07) is 11.1. The molecule has 0 unspecified atom stereocenters. The molecule has 2 N–H and O–H groups in total. The zero-order chi connectivity index (χ0) is 30.6. The largest absolute Gasteiger partial charge is 0.494 e. The second kappa shape index (κ2) is 13.6. The molecule has 6 rings (SSSR count). The molecule has 0 spiro atoms. The number of piperazine rings is 1. The summed E-state index contributed by atoms with van der Waals surface area (Å²) in [7, 11) is 3.52. The molecule has 0 atom stereocenters. The molecular formula is C33H44N9OP. The smallest absolute Gasteiger partial charge is 0.144 e. The Morgan fingerprint density at radius 3 is 2.25 bits per heavy atom. The van der Waals surface area contributed by atoms with E-state index in [4.69, 9.17) is 4.74 Å². The summed E-state index contributed by atoms with van der Waals surface area (Å²) in [5.74, 6) is 2.21. The van der Waals surface area contributed by atoms with Crippen molar-refractivity contribution in [2.24, 2.45) is 0 Å². The average Bonchev–Trinajstić information content (AvgIpc) is 3.05. The molecule has 2 aromatic carbocycles. The predicted molar refractivity (Wildman–Crippen MR) is 183 cm³/mol. The van der Waals surface area contributed by atoms with Crippen LogP contribution in [0.3, 0.4) is 0 Å². The van der Waals surface area contributed by atoms with Crippen LogP contribution in [-0.2, 0) is 6.42 Å². The molecule has 10 nitrogen and oxygen atoms in total. The topological polar surface area (TPSA) is 94.6 Å². The van der Waals surface area contributed by atoms with E-state index in [-0.39, 0.29) is 0 Å². The fourth-order valence-electron chi connectivity index (χ4n) is 6.46. The maximum absolute atomic E-state index is 5.91. The normalized spacial score (nSPS) is 16.9. The quantitative estimate of drug-likeness (QED) is 0.250. The predicted octanol–water partition coefficient (Wildman–Crippen LogP) is 5.06. The van der Waals surface area contributed by atoms with Crippen molar-refractivity contribution in [3.05, 3.63) is 54.6 Å². The Labute approximate surface area is 262 Å². The van der Waals surface area contributed by atoms with Crippen LogP contribution >= 0.6 is 7.92 Å². The zero-order valence-electron chi connectivity index (χ0n) is 26.5. The molecule has 0 aliphatic carbocycles. The minimum Gasteiger partial charge on any atom is -0.494 e. The highest BCUT2D eigenvalue weighted by atomic mass is 31.1. The summed E-state index contributed by atoms with van der Waals surface area (Å²) in [5, 5.41) is 8.21. The highest BCUT2D eigenvalue weighted by molar-refractivity contribution is 7.65. The number of rotatable bonds is 9. The fourth-order valence-corrected chi connectivity index (χ4v) is 7.67. The van der Waals surface area contributed by atoms with Gasteiger partial charge in [-0.05, 0) is 63.4 Å². The summed E-state index contributed by atoms with van der Waals surface area (Å²) in [6.45, 7) is 13.5. The van der Waals surface area contributed by atoms with Crippen LogP contribution < -0.4 is 25.6 Å². The molecule has 0 radical (unpaired) electrons. The number of likely N-dealkylation sites (N-methyl/N-ethyl adjacent to an activating group) is 1. The molecule has 2 aromatic heterocycles. The lowest BCUT2D eigenvalue weighted by molar-refractivity contribution is 0.0982. The molecule has 2 aliphatic rings. The molecule has 44 heavy (non-hydrogen) atoms. The van der Waals surface area contributed by atoms with Crippen LogP contribution in [0, 0.1) is 0 Å². The lowest BCUT2D eigenvalue weighted by Gasteiger charge is -2.43. The van der Waals surface area contributed by atoms with Gasteiger partial charge in [-0.3, -0.25) is 14.9 Å². The number of nitrogens with zero attached hydrogens (tertiary/aromatic N) is 7. The number of benzene rings is 2. The Morgan fingerprint density at radius 2 is 1.57 bits per heavy atom. The van der Waals surface area contributed by atoms with Gasteiger partial charge >= 0.3 is 0 Å². The third kappa shape index (κ3) is 6.58. The maximum Gasteiger partial charge on any atom is 0.144 e.